The van der Waals surface area contributed by atoms with Crippen LogP contribution in [0, 0.1) is 0 Å². The van der Waals surface area contributed by atoms with Crippen LogP contribution in [-0.2, 0) is 38.8 Å². The highest BCUT2D eigenvalue weighted by molar-refractivity contribution is 5.79. The molecule has 0 radical (unpaired) electrons. The third-order valence-corrected chi connectivity index (χ3v) is 7.80. The Morgan fingerprint density at radius 2 is 0.891 bits per heavy atom. The van der Waals surface area contributed by atoms with E-state index in [0.29, 0.717) is 12.8 Å². The maximum Gasteiger partial charge on any atom is 0.305 e. The average molecular weight is 613 g/mol. The highest BCUT2D eigenvalue weighted by Gasteiger charge is 2.14. The zero-order valence-corrected chi connectivity index (χ0v) is 26.7. The first-order valence-electron chi connectivity index (χ1n) is 15.7. The summed E-state index contributed by atoms with van der Waals surface area (Å²) in [6.45, 7) is 4.91. The van der Waals surface area contributed by atoms with E-state index in [2.05, 4.69) is 89.6 Å². The zero-order chi connectivity index (χ0) is 32.3. The third kappa shape index (κ3) is 8.42. The predicted octanol–water partition coefficient (Wildman–Crippen LogP) is 9.37. The molecular formula is C40H40N2O4. The summed E-state index contributed by atoms with van der Waals surface area (Å²) in [7, 11) is 2.11. The van der Waals surface area contributed by atoms with Gasteiger partial charge in [0.1, 0.15) is 13.2 Å². The molecule has 0 N–H and O–H groups in total. The molecule has 5 rings (SSSR count). The molecule has 0 aromatic heterocycles. The topological polar surface area (TPSA) is 59.1 Å². The molecule has 6 heteroatoms. The highest BCUT2D eigenvalue weighted by atomic mass is 16.5. The maximum absolute atomic E-state index is 11.6. The summed E-state index contributed by atoms with van der Waals surface area (Å²) in [6.07, 6.45) is 0.704. The van der Waals surface area contributed by atoms with E-state index in [1.54, 1.807) is 13.8 Å². The van der Waals surface area contributed by atoms with Crippen LogP contribution in [0.3, 0.4) is 0 Å². The molecule has 46 heavy (non-hydrogen) atoms. The van der Waals surface area contributed by atoms with Gasteiger partial charge in [0.2, 0.25) is 0 Å². The van der Waals surface area contributed by atoms with E-state index in [0.717, 1.165) is 51.5 Å². The lowest BCUT2D eigenvalue weighted by molar-refractivity contribution is -0.145. The van der Waals surface area contributed by atoms with Crippen molar-refractivity contribution in [3.63, 3.8) is 0 Å². The molecule has 0 amide bonds. The molecule has 5 aromatic carbocycles. The monoisotopic (exact) mass is 612 g/mol. The van der Waals surface area contributed by atoms with Gasteiger partial charge in [-0.1, -0.05) is 92.7 Å². The van der Waals surface area contributed by atoms with E-state index in [4.69, 9.17) is 9.47 Å². The molecule has 0 saturated heterocycles. The Hall–Kier alpha value is -5.36. The lowest BCUT2D eigenvalue weighted by Gasteiger charge is -2.26. The molecule has 0 aliphatic carbocycles. The smallest absolute Gasteiger partial charge is 0.305 e. The van der Waals surface area contributed by atoms with Gasteiger partial charge in [-0.05, 0) is 76.3 Å². The van der Waals surface area contributed by atoms with E-state index in [-0.39, 0.29) is 25.2 Å². The number of anilines is 4. The summed E-state index contributed by atoms with van der Waals surface area (Å²) < 4.78 is 10.6. The molecule has 0 aliphatic heterocycles. The summed E-state index contributed by atoms with van der Waals surface area (Å²) in [6, 6.07) is 43.7. The minimum absolute atomic E-state index is 0.218. The van der Waals surface area contributed by atoms with Gasteiger partial charge in [-0.3, -0.25) is 9.59 Å². The second-order valence-electron chi connectivity index (χ2n) is 11.1. The fraction of sp³-hybridized carbons (Fsp3) is 0.200. The van der Waals surface area contributed by atoms with Gasteiger partial charge in [0, 0.05) is 49.2 Å². The largest absolute Gasteiger partial charge is 0.461 e. The van der Waals surface area contributed by atoms with Gasteiger partial charge in [-0.15, -0.1) is 0 Å². The number of esters is 2. The van der Waals surface area contributed by atoms with E-state index < -0.39 is 0 Å². The first-order chi connectivity index (χ1) is 22.4. The zero-order valence-electron chi connectivity index (χ0n) is 26.7. The minimum Gasteiger partial charge on any atom is -0.461 e. The van der Waals surface area contributed by atoms with Crippen molar-refractivity contribution in [1.82, 2.24) is 0 Å². The van der Waals surface area contributed by atoms with Crippen molar-refractivity contribution in [2.45, 2.75) is 46.4 Å². The molecular weight excluding hydrogens is 572 g/mol. The van der Waals surface area contributed by atoms with Gasteiger partial charge >= 0.3 is 11.9 Å². The first kappa shape index (κ1) is 32.0. The summed E-state index contributed by atoms with van der Waals surface area (Å²) in [4.78, 5) is 27.7. The standard InChI is InChI=1S/C40H40N2O4/c1-4-39(43)45-28-31-11-19-36(20-12-31)42(37-21-13-32(14-22-37)29-46-40(44)5-2)38-25-17-34(18-26-38)33-15-23-35(24-16-33)41(3)27-30-9-7-6-8-10-30/h6-26H,4-5,27-29H2,1-3H3. The average Bonchev–Trinajstić information content (AvgIpc) is 3.11. The number of ether oxygens (including phenoxy) is 2. The molecule has 0 atom stereocenters. The summed E-state index contributed by atoms with van der Waals surface area (Å²) >= 11 is 0. The van der Waals surface area contributed by atoms with Gasteiger partial charge in [0.15, 0.2) is 0 Å². The van der Waals surface area contributed by atoms with E-state index in [1.807, 2.05) is 54.6 Å². The predicted molar refractivity (Wildman–Crippen MR) is 185 cm³/mol. The van der Waals surface area contributed by atoms with Crippen LogP contribution in [0.4, 0.5) is 22.7 Å². The van der Waals surface area contributed by atoms with Crippen molar-refractivity contribution in [1.29, 1.82) is 0 Å². The second kappa shape index (κ2) is 15.6. The van der Waals surface area contributed by atoms with Crippen LogP contribution < -0.4 is 9.80 Å². The molecule has 6 nitrogen and oxygen atoms in total. The van der Waals surface area contributed by atoms with Gasteiger partial charge in [0.25, 0.3) is 0 Å². The summed E-state index contributed by atoms with van der Waals surface area (Å²) in [5.41, 5.74) is 9.49. The highest BCUT2D eigenvalue weighted by Crippen LogP contribution is 2.36. The molecule has 0 heterocycles. The van der Waals surface area contributed by atoms with Crippen molar-refractivity contribution in [3.05, 3.63) is 144 Å². The first-order valence-corrected chi connectivity index (χ1v) is 15.7. The molecule has 234 valence electrons. The van der Waals surface area contributed by atoms with E-state index in [1.165, 1.54) is 5.56 Å². The number of hydrogen-bond donors (Lipinski definition) is 0. The lowest BCUT2D eigenvalue weighted by Crippen LogP contribution is -2.16. The van der Waals surface area contributed by atoms with Crippen LogP contribution in [0.15, 0.2) is 127 Å². The number of benzene rings is 5. The summed E-state index contributed by atoms with van der Waals surface area (Å²) in [5.74, 6) is -0.436. The second-order valence-corrected chi connectivity index (χ2v) is 11.1. The summed E-state index contributed by atoms with van der Waals surface area (Å²) in [5, 5.41) is 0. The van der Waals surface area contributed by atoms with Crippen LogP contribution in [-0.4, -0.2) is 19.0 Å². The number of hydrogen-bond acceptors (Lipinski definition) is 6. The lowest BCUT2D eigenvalue weighted by atomic mass is 10.0. The molecule has 0 fully saturated rings. The van der Waals surface area contributed by atoms with Crippen LogP contribution in [0.25, 0.3) is 11.1 Å². The van der Waals surface area contributed by atoms with Gasteiger partial charge in [0.05, 0.1) is 0 Å². The number of carbonyl (C=O) groups excluding carboxylic acids is 2. The quantitative estimate of drug-likeness (QED) is 0.124. The molecule has 0 aliphatic rings. The van der Waals surface area contributed by atoms with Crippen LogP contribution in [0.2, 0.25) is 0 Å². The van der Waals surface area contributed by atoms with Crippen LogP contribution >= 0.6 is 0 Å². The molecule has 0 saturated carbocycles. The Bertz CT molecular complexity index is 1640. The molecule has 5 aromatic rings. The Morgan fingerprint density at radius 3 is 1.30 bits per heavy atom. The Balaban J connectivity index is 1.37. The normalized spacial score (nSPS) is 10.7. The third-order valence-electron chi connectivity index (χ3n) is 7.80. The van der Waals surface area contributed by atoms with Crippen molar-refractivity contribution in [2.75, 3.05) is 16.8 Å². The molecule has 0 spiro atoms. The van der Waals surface area contributed by atoms with E-state index >= 15 is 0 Å². The van der Waals surface area contributed by atoms with Crippen LogP contribution in [0.5, 0.6) is 0 Å². The van der Waals surface area contributed by atoms with Crippen LogP contribution in [0.1, 0.15) is 43.4 Å². The molecule has 0 unspecified atom stereocenters. The van der Waals surface area contributed by atoms with Crippen molar-refractivity contribution >= 4 is 34.7 Å². The maximum atomic E-state index is 11.6. The number of rotatable bonds is 13. The fourth-order valence-electron chi connectivity index (χ4n) is 5.12. The minimum atomic E-state index is -0.218. The van der Waals surface area contributed by atoms with Crippen molar-refractivity contribution in [3.8, 4) is 11.1 Å². The van der Waals surface area contributed by atoms with Gasteiger partial charge in [-0.2, -0.15) is 0 Å². The Kier molecular flexibility index (Phi) is 10.9. The van der Waals surface area contributed by atoms with Crippen molar-refractivity contribution in [2.24, 2.45) is 0 Å². The Labute approximate surface area is 271 Å². The fourth-order valence-corrected chi connectivity index (χ4v) is 5.12. The number of carbonyl (C=O) groups is 2. The van der Waals surface area contributed by atoms with Gasteiger partial charge in [-0.25, -0.2) is 0 Å². The van der Waals surface area contributed by atoms with Gasteiger partial charge < -0.3 is 19.3 Å². The SMILES string of the molecule is CCC(=O)OCc1ccc(N(c2ccc(COC(=O)CC)cc2)c2ccc(-c3ccc(N(C)Cc4ccccc4)cc3)cc2)cc1. The Morgan fingerprint density at radius 1 is 0.500 bits per heavy atom. The van der Waals surface area contributed by atoms with E-state index in [9.17, 15) is 9.59 Å². The molecule has 0 bridgehead atoms. The van der Waals surface area contributed by atoms with Crippen molar-refractivity contribution < 1.29 is 19.1 Å². The number of nitrogens with zero attached hydrogens (tertiary/aromatic N) is 2.